The Morgan fingerprint density at radius 2 is 2.11 bits per heavy atom. The molecule has 19 heavy (non-hydrogen) atoms. The number of nitrogens with two attached hydrogens (primary N) is 1. The molecule has 3 aromatic rings. The van der Waals surface area contributed by atoms with E-state index in [1.54, 1.807) is 12.4 Å². The van der Waals surface area contributed by atoms with Crippen LogP contribution >= 0.6 is 0 Å². The Morgan fingerprint density at radius 3 is 2.89 bits per heavy atom. The molecule has 2 aromatic heterocycles. The van der Waals surface area contributed by atoms with Gasteiger partial charge in [-0.1, -0.05) is 6.07 Å². The van der Waals surface area contributed by atoms with E-state index in [1.807, 2.05) is 11.5 Å². The summed E-state index contributed by atoms with van der Waals surface area (Å²) in [5.41, 5.74) is 8.90. The standard InChI is InChI=1S/C13H12FN5/c1-8-4-10(14)3-2-9(8)5-19-7-18-11-12(15)16-6-17-13(11)19/h2-4,6-7H,5H2,1H3,(H2,15,16,17). The highest BCUT2D eigenvalue weighted by Gasteiger charge is 2.09. The van der Waals surface area contributed by atoms with E-state index in [9.17, 15) is 4.39 Å². The van der Waals surface area contributed by atoms with Crippen LogP contribution in [0.3, 0.4) is 0 Å². The molecule has 3 rings (SSSR count). The monoisotopic (exact) mass is 257 g/mol. The van der Waals surface area contributed by atoms with Gasteiger partial charge in [0, 0.05) is 0 Å². The molecule has 0 bridgehead atoms. The second-order valence-corrected chi connectivity index (χ2v) is 4.37. The van der Waals surface area contributed by atoms with Crippen molar-refractivity contribution in [3.05, 3.63) is 47.8 Å². The molecule has 0 radical (unpaired) electrons. The Morgan fingerprint density at radius 1 is 1.26 bits per heavy atom. The quantitative estimate of drug-likeness (QED) is 0.761. The van der Waals surface area contributed by atoms with E-state index in [2.05, 4.69) is 15.0 Å². The van der Waals surface area contributed by atoms with Gasteiger partial charge in [-0.05, 0) is 30.2 Å². The lowest BCUT2D eigenvalue weighted by Crippen LogP contribution is -2.02. The Kier molecular flexibility index (Phi) is 2.63. The van der Waals surface area contributed by atoms with Crippen LogP contribution in [0.4, 0.5) is 10.2 Å². The largest absolute Gasteiger partial charge is 0.382 e. The summed E-state index contributed by atoms with van der Waals surface area (Å²) in [5, 5.41) is 0. The molecule has 0 aliphatic heterocycles. The van der Waals surface area contributed by atoms with Crippen LogP contribution < -0.4 is 5.73 Å². The van der Waals surface area contributed by atoms with Crippen molar-refractivity contribution in [2.75, 3.05) is 5.73 Å². The molecular weight excluding hydrogens is 245 g/mol. The third-order valence-electron chi connectivity index (χ3n) is 3.07. The van der Waals surface area contributed by atoms with Crippen LogP contribution in [0, 0.1) is 12.7 Å². The third kappa shape index (κ3) is 2.01. The van der Waals surface area contributed by atoms with E-state index in [4.69, 9.17) is 5.73 Å². The summed E-state index contributed by atoms with van der Waals surface area (Å²) in [6.07, 6.45) is 3.08. The third-order valence-corrected chi connectivity index (χ3v) is 3.07. The first kappa shape index (κ1) is 11.6. The SMILES string of the molecule is Cc1cc(F)ccc1Cn1cnc2c(N)ncnc21. The molecule has 0 atom stereocenters. The summed E-state index contributed by atoms with van der Waals surface area (Å²) >= 11 is 0. The highest BCUT2D eigenvalue weighted by atomic mass is 19.1. The van der Waals surface area contributed by atoms with Gasteiger partial charge in [-0.15, -0.1) is 0 Å². The molecule has 0 spiro atoms. The van der Waals surface area contributed by atoms with Gasteiger partial charge in [0.05, 0.1) is 12.9 Å². The molecular formula is C13H12FN5. The number of anilines is 1. The van der Waals surface area contributed by atoms with Crippen molar-refractivity contribution in [3.8, 4) is 0 Å². The van der Waals surface area contributed by atoms with E-state index < -0.39 is 0 Å². The number of fused-ring (bicyclic) bond motifs is 1. The molecule has 0 aliphatic rings. The Labute approximate surface area is 108 Å². The molecule has 0 amide bonds. The normalized spacial score (nSPS) is 11.1. The second-order valence-electron chi connectivity index (χ2n) is 4.37. The van der Waals surface area contributed by atoms with E-state index in [-0.39, 0.29) is 5.82 Å². The van der Waals surface area contributed by atoms with E-state index in [0.29, 0.717) is 23.5 Å². The van der Waals surface area contributed by atoms with Crippen molar-refractivity contribution < 1.29 is 4.39 Å². The fourth-order valence-corrected chi connectivity index (χ4v) is 2.03. The topological polar surface area (TPSA) is 69.6 Å². The zero-order valence-electron chi connectivity index (χ0n) is 10.3. The summed E-state index contributed by atoms with van der Waals surface area (Å²) in [4.78, 5) is 12.3. The van der Waals surface area contributed by atoms with Crippen LogP contribution in [-0.2, 0) is 6.54 Å². The molecule has 0 saturated heterocycles. The van der Waals surface area contributed by atoms with Crippen LogP contribution in [-0.4, -0.2) is 19.5 Å². The zero-order valence-corrected chi connectivity index (χ0v) is 10.3. The summed E-state index contributed by atoms with van der Waals surface area (Å²) in [6.45, 7) is 2.44. The van der Waals surface area contributed by atoms with Gasteiger partial charge in [0.15, 0.2) is 11.5 Å². The molecule has 6 heteroatoms. The number of imidazole rings is 1. The molecule has 0 saturated carbocycles. The van der Waals surface area contributed by atoms with Crippen LogP contribution in [0.15, 0.2) is 30.9 Å². The number of aromatic nitrogens is 4. The first-order chi connectivity index (χ1) is 9.15. The first-order valence-corrected chi connectivity index (χ1v) is 5.81. The van der Waals surface area contributed by atoms with Crippen molar-refractivity contribution in [2.24, 2.45) is 0 Å². The van der Waals surface area contributed by atoms with Crippen molar-refractivity contribution >= 4 is 17.0 Å². The lowest BCUT2D eigenvalue weighted by atomic mass is 10.1. The van der Waals surface area contributed by atoms with Crippen molar-refractivity contribution in [3.63, 3.8) is 0 Å². The van der Waals surface area contributed by atoms with Gasteiger partial charge in [-0.25, -0.2) is 19.3 Å². The number of hydrogen-bond donors (Lipinski definition) is 1. The van der Waals surface area contributed by atoms with E-state index in [0.717, 1.165) is 11.1 Å². The predicted molar refractivity (Wildman–Crippen MR) is 70.0 cm³/mol. The average Bonchev–Trinajstić information content (AvgIpc) is 2.78. The molecule has 0 aliphatic carbocycles. The Bertz CT molecular complexity index is 750. The maximum Gasteiger partial charge on any atom is 0.165 e. The zero-order chi connectivity index (χ0) is 13.4. The van der Waals surface area contributed by atoms with Crippen LogP contribution in [0.25, 0.3) is 11.2 Å². The first-order valence-electron chi connectivity index (χ1n) is 5.81. The number of halogens is 1. The number of rotatable bonds is 2. The molecule has 1 aromatic carbocycles. The highest BCUT2D eigenvalue weighted by Crippen LogP contribution is 2.17. The molecule has 96 valence electrons. The van der Waals surface area contributed by atoms with Gasteiger partial charge >= 0.3 is 0 Å². The van der Waals surface area contributed by atoms with Crippen LogP contribution in [0.5, 0.6) is 0 Å². The summed E-state index contributed by atoms with van der Waals surface area (Å²) < 4.78 is 14.9. The molecule has 2 heterocycles. The maximum absolute atomic E-state index is 13.1. The maximum atomic E-state index is 13.1. The lowest BCUT2D eigenvalue weighted by molar-refractivity contribution is 0.625. The molecule has 0 unspecified atom stereocenters. The molecule has 2 N–H and O–H groups in total. The van der Waals surface area contributed by atoms with Crippen LogP contribution in [0.1, 0.15) is 11.1 Å². The summed E-state index contributed by atoms with van der Waals surface area (Å²) in [7, 11) is 0. The predicted octanol–water partition coefficient (Wildman–Crippen LogP) is 1.90. The number of nitrogen functional groups attached to an aromatic ring is 1. The Balaban J connectivity index is 2.04. The molecule has 5 nitrogen and oxygen atoms in total. The van der Waals surface area contributed by atoms with Gasteiger partial charge in [-0.2, -0.15) is 0 Å². The van der Waals surface area contributed by atoms with Gasteiger partial charge in [0.1, 0.15) is 17.7 Å². The lowest BCUT2D eigenvalue weighted by Gasteiger charge is -2.07. The van der Waals surface area contributed by atoms with Crippen molar-refractivity contribution in [1.29, 1.82) is 0 Å². The average molecular weight is 257 g/mol. The minimum atomic E-state index is -0.233. The Hall–Kier alpha value is -2.50. The van der Waals surface area contributed by atoms with E-state index >= 15 is 0 Å². The van der Waals surface area contributed by atoms with Gasteiger partial charge < -0.3 is 10.3 Å². The second kappa shape index (κ2) is 4.31. The highest BCUT2D eigenvalue weighted by molar-refractivity contribution is 5.81. The van der Waals surface area contributed by atoms with Crippen LogP contribution in [0.2, 0.25) is 0 Å². The molecule has 0 fully saturated rings. The fraction of sp³-hybridized carbons (Fsp3) is 0.154. The fourth-order valence-electron chi connectivity index (χ4n) is 2.03. The summed E-state index contributed by atoms with van der Waals surface area (Å²) in [6, 6.07) is 4.73. The number of nitrogens with zero attached hydrogens (tertiary/aromatic N) is 4. The van der Waals surface area contributed by atoms with Gasteiger partial charge in [-0.3, -0.25) is 0 Å². The van der Waals surface area contributed by atoms with Crippen molar-refractivity contribution in [2.45, 2.75) is 13.5 Å². The van der Waals surface area contributed by atoms with Gasteiger partial charge in [0.2, 0.25) is 0 Å². The number of aryl methyl sites for hydroxylation is 1. The summed E-state index contributed by atoms with van der Waals surface area (Å²) in [5.74, 6) is 0.128. The minimum Gasteiger partial charge on any atom is -0.382 e. The number of benzene rings is 1. The van der Waals surface area contributed by atoms with E-state index in [1.165, 1.54) is 18.5 Å². The van der Waals surface area contributed by atoms with Crippen molar-refractivity contribution in [1.82, 2.24) is 19.5 Å². The van der Waals surface area contributed by atoms with Gasteiger partial charge in [0.25, 0.3) is 0 Å². The smallest absolute Gasteiger partial charge is 0.165 e. The number of hydrogen-bond acceptors (Lipinski definition) is 4. The minimum absolute atomic E-state index is 0.233.